The van der Waals surface area contributed by atoms with Gasteiger partial charge in [-0.05, 0) is 42.0 Å². The quantitative estimate of drug-likeness (QED) is 0.615. The summed E-state index contributed by atoms with van der Waals surface area (Å²) in [4.78, 5) is 16.2. The molecule has 3 aromatic rings. The van der Waals surface area contributed by atoms with Gasteiger partial charge in [-0.1, -0.05) is 30.3 Å². The van der Waals surface area contributed by atoms with Gasteiger partial charge in [-0.2, -0.15) is 0 Å². The number of nitrogens with one attached hydrogen (secondary N) is 1. The number of rotatable bonds is 8. The van der Waals surface area contributed by atoms with Crippen LogP contribution in [0.3, 0.4) is 0 Å². The number of sulfonamides is 1. The molecule has 0 radical (unpaired) electrons. The molecule has 0 saturated heterocycles. The van der Waals surface area contributed by atoms with Gasteiger partial charge in [0.15, 0.2) is 0 Å². The number of benzene rings is 2. The van der Waals surface area contributed by atoms with Crippen LogP contribution in [-0.2, 0) is 21.4 Å². The molecule has 150 valence electrons. The van der Waals surface area contributed by atoms with Gasteiger partial charge in [0.1, 0.15) is 18.9 Å². The van der Waals surface area contributed by atoms with Crippen LogP contribution in [-0.4, -0.2) is 32.1 Å². The number of anilines is 2. The van der Waals surface area contributed by atoms with Crippen LogP contribution in [0.1, 0.15) is 5.56 Å². The highest BCUT2D eigenvalue weighted by Crippen LogP contribution is 2.22. The summed E-state index contributed by atoms with van der Waals surface area (Å²) in [5.41, 5.74) is 1.90. The Morgan fingerprint density at radius 3 is 2.38 bits per heavy atom. The first kappa shape index (κ1) is 20.3. The van der Waals surface area contributed by atoms with Crippen molar-refractivity contribution in [1.82, 2.24) is 4.98 Å². The van der Waals surface area contributed by atoms with Gasteiger partial charge in [-0.25, -0.2) is 8.42 Å². The zero-order valence-electron chi connectivity index (χ0n) is 15.9. The number of hydrogen-bond acceptors (Lipinski definition) is 5. The Hall–Kier alpha value is -3.39. The van der Waals surface area contributed by atoms with Crippen LogP contribution in [0.4, 0.5) is 11.4 Å². The number of nitrogens with zero attached hydrogens (tertiary/aromatic N) is 2. The molecule has 1 aromatic heterocycles. The summed E-state index contributed by atoms with van der Waals surface area (Å²) < 4.78 is 31.2. The van der Waals surface area contributed by atoms with Crippen molar-refractivity contribution in [3.8, 4) is 5.75 Å². The van der Waals surface area contributed by atoms with Crippen LogP contribution in [0.5, 0.6) is 5.75 Å². The first-order valence-electron chi connectivity index (χ1n) is 8.86. The van der Waals surface area contributed by atoms with Gasteiger partial charge >= 0.3 is 0 Å². The van der Waals surface area contributed by atoms with E-state index in [-0.39, 0.29) is 6.54 Å². The van der Waals surface area contributed by atoms with Crippen molar-refractivity contribution in [1.29, 1.82) is 0 Å². The summed E-state index contributed by atoms with van der Waals surface area (Å²) >= 11 is 0. The second-order valence-corrected chi connectivity index (χ2v) is 8.23. The van der Waals surface area contributed by atoms with Crippen LogP contribution in [0.2, 0.25) is 0 Å². The molecule has 1 amide bonds. The molecule has 29 heavy (non-hydrogen) atoms. The first-order chi connectivity index (χ1) is 13.9. The highest BCUT2D eigenvalue weighted by molar-refractivity contribution is 7.92. The minimum atomic E-state index is -3.66. The van der Waals surface area contributed by atoms with Gasteiger partial charge in [-0.3, -0.25) is 14.1 Å². The van der Waals surface area contributed by atoms with Crippen molar-refractivity contribution in [3.63, 3.8) is 0 Å². The van der Waals surface area contributed by atoms with Gasteiger partial charge < -0.3 is 10.1 Å². The maximum absolute atomic E-state index is 12.3. The summed E-state index contributed by atoms with van der Waals surface area (Å²) in [7, 11) is -3.66. The van der Waals surface area contributed by atoms with Gasteiger partial charge in [0, 0.05) is 6.20 Å². The molecule has 0 bridgehead atoms. The lowest BCUT2D eigenvalue weighted by Crippen LogP contribution is -2.37. The molecule has 0 saturated carbocycles. The number of pyridine rings is 1. The van der Waals surface area contributed by atoms with Crippen LogP contribution in [0, 0.1) is 0 Å². The van der Waals surface area contributed by atoms with Crippen molar-refractivity contribution in [2.75, 3.05) is 22.4 Å². The van der Waals surface area contributed by atoms with Crippen LogP contribution >= 0.6 is 0 Å². The third kappa shape index (κ3) is 6.05. The minimum absolute atomic E-state index is 0.349. The van der Waals surface area contributed by atoms with Crippen molar-refractivity contribution in [2.24, 2.45) is 0 Å². The summed E-state index contributed by atoms with van der Waals surface area (Å²) in [6.07, 6.45) is 4.13. The predicted molar refractivity (Wildman–Crippen MR) is 112 cm³/mol. The number of carbonyl (C=O) groups excluding carboxylic acids is 1. The standard InChI is InChI=1S/C21H21N3O4S/c1-29(26,27)24(15-21(25)23-18-8-5-13-22-14-18)19-9-11-20(12-10-19)28-16-17-6-3-2-4-7-17/h2-14H,15-16H2,1H3,(H,23,25). The topological polar surface area (TPSA) is 88.6 Å². The number of ether oxygens (including phenoxy) is 1. The SMILES string of the molecule is CS(=O)(=O)N(CC(=O)Nc1cccnc1)c1ccc(OCc2ccccc2)cc1. The Morgan fingerprint density at radius 1 is 1.03 bits per heavy atom. The number of amides is 1. The van der Waals surface area contributed by atoms with Crippen LogP contribution in [0.15, 0.2) is 79.1 Å². The summed E-state index contributed by atoms with van der Waals surface area (Å²) in [6.45, 7) is 0.0570. The second-order valence-electron chi connectivity index (χ2n) is 6.33. The normalized spacial score (nSPS) is 10.9. The largest absolute Gasteiger partial charge is 0.489 e. The van der Waals surface area contributed by atoms with E-state index in [1.165, 1.54) is 6.20 Å². The number of hydrogen-bond donors (Lipinski definition) is 1. The van der Waals surface area contributed by atoms with E-state index in [0.717, 1.165) is 16.1 Å². The molecule has 7 nitrogen and oxygen atoms in total. The lowest BCUT2D eigenvalue weighted by molar-refractivity contribution is -0.114. The molecule has 0 spiro atoms. The predicted octanol–water partition coefficient (Wildman–Crippen LogP) is 3.07. The van der Waals surface area contributed by atoms with E-state index in [0.29, 0.717) is 23.7 Å². The van der Waals surface area contributed by atoms with Crippen molar-refractivity contribution in [3.05, 3.63) is 84.7 Å². The number of aromatic nitrogens is 1. The summed E-state index contributed by atoms with van der Waals surface area (Å²) in [5.74, 6) is 0.138. The maximum atomic E-state index is 12.3. The fourth-order valence-corrected chi connectivity index (χ4v) is 3.47. The molecule has 0 aliphatic rings. The summed E-state index contributed by atoms with van der Waals surface area (Å²) in [6, 6.07) is 19.6. The third-order valence-electron chi connectivity index (χ3n) is 4.01. The molecule has 0 unspecified atom stereocenters. The molecule has 0 aliphatic carbocycles. The van der Waals surface area contributed by atoms with Crippen LogP contribution in [0.25, 0.3) is 0 Å². The Balaban J connectivity index is 1.67. The van der Waals surface area contributed by atoms with Gasteiger partial charge in [0.05, 0.1) is 23.8 Å². The zero-order valence-corrected chi connectivity index (χ0v) is 16.7. The molecule has 1 heterocycles. The number of carbonyl (C=O) groups is 1. The molecular formula is C21H21N3O4S. The highest BCUT2D eigenvalue weighted by Gasteiger charge is 2.21. The van der Waals surface area contributed by atoms with E-state index < -0.39 is 15.9 Å². The monoisotopic (exact) mass is 411 g/mol. The molecule has 0 fully saturated rings. The Bertz CT molecular complexity index is 1040. The van der Waals surface area contributed by atoms with Crippen molar-refractivity contribution in [2.45, 2.75) is 6.61 Å². The van der Waals surface area contributed by atoms with E-state index in [1.54, 1.807) is 42.6 Å². The zero-order chi connectivity index (χ0) is 20.7. The second kappa shape index (κ2) is 9.20. The molecule has 2 aromatic carbocycles. The molecule has 3 rings (SSSR count). The lowest BCUT2D eigenvalue weighted by atomic mass is 10.2. The Kier molecular flexibility index (Phi) is 6.46. The van der Waals surface area contributed by atoms with Crippen LogP contribution < -0.4 is 14.4 Å². The third-order valence-corrected chi connectivity index (χ3v) is 5.15. The van der Waals surface area contributed by atoms with Gasteiger partial charge in [0.25, 0.3) is 0 Å². The van der Waals surface area contributed by atoms with Gasteiger partial charge in [-0.15, -0.1) is 0 Å². The Morgan fingerprint density at radius 2 is 1.76 bits per heavy atom. The molecule has 0 aliphatic heterocycles. The molecule has 8 heteroatoms. The van der Waals surface area contributed by atoms with E-state index in [9.17, 15) is 13.2 Å². The van der Waals surface area contributed by atoms with Crippen molar-refractivity contribution >= 4 is 27.3 Å². The first-order valence-corrected chi connectivity index (χ1v) is 10.7. The maximum Gasteiger partial charge on any atom is 0.245 e. The fraction of sp³-hybridized carbons (Fsp3) is 0.143. The fourth-order valence-electron chi connectivity index (χ4n) is 2.62. The summed E-state index contributed by atoms with van der Waals surface area (Å²) in [5, 5.41) is 2.63. The van der Waals surface area contributed by atoms with E-state index in [4.69, 9.17) is 4.74 Å². The average Bonchev–Trinajstić information content (AvgIpc) is 2.72. The molecule has 0 atom stereocenters. The minimum Gasteiger partial charge on any atom is -0.489 e. The van der Waals surface area contributed by atoms with E-state index >= 15 is 0 Å². The molecular weight excluding hydrogens is 390 g/mol. The van der Waals surface area contributed by atoms with E-state index in [1.807, 2.05) is 30.3 Å². The lowest BCUT2D eigenvalue weighted by Gasteiger charge is -2.22. The average molecular weight is 411 g/mol. The Labute approximate surface area is 170 Å². The smallest absolute Gasteiger partial charge is 0.245 e. The van der Waals surface area contributed by atoms with Gasteiger partial charge in [0.2, 0.25) is 15.9 Å². The highest BCUT2D eigenvalue weighted by atomic mass is 32.2. The van der Waals surface area contributed by atoms with Crippen molar-refractivity contribution < 1.29 is 17.9 Å². The molecule has 1 N–H and O–H groups in total. The van der Waals surface area contributed by atoms with E-state index in [2.05, 4.69) is 10.3 Å².